The van der Waals surface area contributed by atoms with Crippen LogP contribution in [0, 0.1) is 76.6 Å². The summed E-state index contributed by atoms with van der Waals surface area (Å²) in [5.74, 6) is 5.34. The van der Waals surface area contributed by atoms with Gasteiger partial charge in [0.05, 0.1) is 28.8 Å². The highest BCUT2D eigenvalue weighted by Crippen LogP contribution is 2.41. The lowest BCUT2D eigenvalue weighted by Gasteiger charge is -2.32. The summed E-state index contributed by atoms with van der Waals surface area (Å²) in [6.45, 7) is 2.26. The first-order valence-electron chi connectivity index (χ1n) is 31.4. The Hall–Kier alpha value is -11.4. The quantitative estimate of drug-likeness (QED) is 0.0344. The third kappa shape index (κ3) is 23.4. The molecule has 0 saturated carbocycles. The van der Waals surface area contributed by atoms with E-state index in [1.807, 2.05) is 97.1 Å². The Morgan fingerprint density at radius 1 is 0.630 bits per heavy atom. The summed E-state index contributed by atoms with van der Waals surface area (Å²) in [6, 6.07) is 49.7. The average molecular weight is 1420 g/mol. The minimum Gasteiger partial charge on any atom is -0.492 e. The number of nitrogens with one attached hydrogen (secondary N) is 1. The lowest BCUT2D eigenvalue weighted by molar-refractivity contribution is -0.142. The number of nitrogens with two attached hydrogens (primary N) is 3. The summed E-state index contributed by atoms with van der Waals surface area (Å²) in [5.41, 5.74) is 22.1. The predicted octanol–water partition coefficient (Wildman–Crippen LogP) is 11.7. The number of benzene rings is 8. The van der Waals surface area contributed by atoms with Gasteiger partial charge in [-0.05, 0) is 146 Å². The summed E-state index contributed by atoms with van der Waals surface area (Å²) in [6.07, 6.45) is 4.34. The second kappa shape index (κ2) is 39.7. The second-order valence-electron chi connectivity index (χ2n) is 22.4. The van der Waals surface area contributed by atoms with E-state index in [9.17, 15) is 47.6 Å². The SMILES string of the molecule is C#Cc1ccccc1.C[C@@H]1CC(=O)[C@@H](N(C)C(=O)[C@H](CCN)CC(=O)c2ccc(C#Cc3ccccc3)cc2F)c2ccc(OCCN)c(c2)-c2cc(ccc2OCCN)C[C@@H](C(=O)CCC#N)NC1=O.O=C(O)c1ccc(Br)cc1F.O=C(O)c1ccc(C#Cc2ccccc2)cc1F. The molecule has 9 rings (SSSR count). The number of aromatic carboxylic acids is 2. The highest BCUT2D eigenvalue weighted by Gasteiger charge is 2.36. The van der Waals surface area contributed by atoms with Gasteiger partial charge in [-0.1, -0.05) is 119 Å². The van der Waals surface area contributed by atoms with E-state index in [4.69, 9.17) is 43.3 Å². The molecule has 21 heteroatoms. The van der Waals surface area contributed by atoms with Crippen molar-refractivity contribution in [3.8, 4) is 64.7 Å². The Morgan fingerprint density at radius 3 is 1.60 bits per heavy atom. The number of amides is 2. The lowest BCUT2D eigenvalue weighted by atomic mass is 9.88. The topological polar surface area (TPSA) is 296 Å². The second-order valence-corrected chi connectivity index (χ2v) is 23.4. The van der Waals surface area contributed by atoms with E-state index in [1.165, 1.54) is 54.4 Å². The summed E-state index contributed by atoms with van der Waals surface area (Å²) in [4.78, 5) is 92.2. The van der Waals surface area contributed by atoms with Crippen LogP contribution >= 0.6 is 15.9 Å². The van der Waals surface area contributed by atoms with Gasteiger partial charge in [-0.15, -0.1) is 6.42 Å². The number of hydrogen-bond acceptors (Lipinski definition) is 13. The maximum atomic E-state index is 15.5. The third-order valence-corrected chi connectivity index (χ3v) is 15.6. The standard InChI is InChI=1S/C49H53FN6O7.C15H9FO2.C8H6.C7H4BrFO2/c1-31-25-44(59)47(56(2)49(61)36(18-20-52)30-43(58)37-15-12-33(27-40(37)50)11-10-32-7-4-3-5-8-32)35-14-17-46(63-24-22-54)39(29-35)38-26-34(13-16-45(38)62-23-21-53)28-41(55-48(31)60)42(57)9-6-19-51;16-14-10-12(8-9-13(14)15(17)18)7-6-11-4-2-1-3-5-11;1-2-8-6-4-3-5-7-8;8-4-1-2-5(7(10)11)6(9)3-4/h3-5,7-8,12-17,26-27,29,31,36,41,47H,6,9,18,20-25,28,30,52-54H2,1-2H3,(H,55,60);1-5,8-10H,(H,17,18);1,3-7H;1-3H,(H,10,11)/t31-,36-,41+,47+;;;/m1.../s1. The van der Waals surface area contributed by atoms with Gasteiger partial charge in [0.2, 0.25) is 11.8 Å². The predicted molar refractivity (Wildman–Crippen MR) is 377 cm³/mol. The van der Waals surface area contributed by atoms with Crippen LogP contribution in [0.4, 0.5) is 13.2 Å². The molecule has 9 N–H and O–H groups in total. The number of ether oxygens (including phenoxy) is 2. The number of carbonyl (C=O) groups excluding carboxylic acids is 5. The van der Waals surface area contributed by atoms with E-state index < -0.39 is 83.1 Å². The molecule has 0 radical (unpaired) electrons. The summed E-state index contributed by atoms with van der Waals surface area (Å²) in [5, 5.41) is 29.1. The molecule has 0 aliphatic carbocycles. The fourth-order valence-electron chi connectivity index (χ4n) is 10.1. The Kier molecular flexibility index (Phi) is 30.8. The van der Waals surface area contributed by atoms with Gasteiger partial charge in [-0.2, -0.15) is 5.26 Å². The van der Waals surface area contributed by atoms with Crippen molar-refractivity contribution < 1.29 is 66.4 Å². The zero-order valence-corrected chi connectivity index (χ0v) is 56.3. The van der Waals surface area contributed by atoms with Crippen LogP contribution in [0.1, 0.15) is 115 Å². The number of carboxylic acid groups (broad SMARTS) is 2. The molecule has 8 aromatic rings. The summed E-state index contributed by atoms with van der Waals surface area (Å²) >= 11 is 3.01. The van der Waals surface area contributed by atoms with E-state index in [0.29, 0.717) is 49.4 Å². The Bertz CT molecular complexity index is 4430. The van der Waals surface area contributed by atoms with Gasteiger partial charge >= 0.3 is 11.9 Å². The van der Waals surface area contributed by atoms with E-state index >= 15 is 4.39 Å². The summed E-state index contributed by atoms with van der Waals surface area (Å²) in [7, 11) is 1.44. The molecule has 2 amide bonds. The minimum absolute atomic E-state index is 0.0112. The lowest BCUT2D eigenvalue weighted by Crippen LogP contribution is -2.46. The van der Waals surface area contributed by atoms with Crippen LogP contribution < -0.4 is 32.0 Å². The highest BCUT2D eigenvalue weighted by molar-refractivity contribution is 9.10. The number of terminal acetylenes is 1. The Balaban J connectivity index is 0.000000338. The molecular formula is C79H72BrF3N6O11. The normalized spacial score (nSPS) is 13.8. The van der Waals surface area contributed by atoms with Crippen LogP contribution in [0.25, 0.3) is 11.1 Å². The van der Waals surface area contributed by atoms with Crippen LogP contribution in [0.5, 0.6) is 11.5 Å². The maximum Gasteiger partial charge on any atom is 0.338 e. The molecule has 8 aromatic carbocycles. The number of likely N-dealkylation sites (N-methyl/N-ethyl adjacent to an activating group) is 1. The molecule has 512 valence electrons. The van der Waals surface area contributed by atoms with E-state index in [0.717, 1.165) is 28.8 Å². The molecule has 4 atom stereocenters. The van der Waals surface area contributed by atoms with Crippen molar-refractivity contribution in [2.45, 2.75) is 57.5 Å². The van der Waals surface area contributed by atoms with Crippen molar-refractivity contribution in [1.82, 2.24) is 10.2 Å². The smallest absolute Gasteiger partial charge is 0.338 e. The number of carboxylic acids is 2. The molecule has 1 heterocycles. The van der Waals surface area contributed by atoms with Crippen LogP contribution in [0.3, 0.4) is 0 Å². The number of nitrogens with zero attached hydrogens (tertiary/aromatic N) is 2. The zero-order chi connectivity index (χ0) is 72.7. The number of halogens is 4. The number of carbonyl (C=O) groups is 7. The van der Waals surface area contributed by atoms with Crippen molar-refractivity contribution in [2.24, 2.45) is 29.0 Å². The maximum absolute atomic E-state index is 15.5. The monoisotopic (exact) mass is 1420 g/mol. The van der Waals surface area contributed by atoms with E-state index in [-0.39, 0.29) is 87.4 Å². The van der Waals surface area contributed by atoms with Gasteiger partial charge in [0.25, 0.3) is 0 Å². The van der Waals surface area contributed by atoms with E-state index in [1.54, 1.807) is 43.3 Å². The first-order chi connectivity index (χ1) is 48.1. The van der Waals surface area contributed by atoms with Crippen LogP contribution in [-0.2, 0) is 25.6 Å². The molecule has 1 aliphatic rings. The molecule has 0 unspecified atom stereocenters. The Labute approximate surface area is 586 Å². The number of Topliss-reactive ketones (excluding diaryl/α,β-unsaturated/α-hetero) is 3. The molecule has 0 aromatic heterocycles. The summed E-state index contributed by atoms with van der Waals surface area (Å²) < 4.78 is 54.3. The van der Waals surface area contributed by atoms with Crippen molar-refractivity contribution in [3.05, 3.63) is 260 Å². The molecular weight excluding hydrogens is 1350 g/mol. The first kappa shape index (κ1) is 77.6. The van der Waals surface area contributed by atoms with Crippen molar-refractivity contribution in [1.29, 1.82) is 5.26 Å². The van der Waals surface area contributed by atoms with Gasteiger partial charge in [0.15, 0.2) is 17.3 Å². The van der Waals surface area contributed by atoms with Crippen LogP contribution in [0.15, 0.2) is 186 Å². The number of rotatable bonds is 18. The molecule has 0 spiro atoms. The Morgan fingerprint density at radius 2 is 1.12 bits per heavy atom. The molecule has 100 heavy (non-hydrogen) atoms. The van der Waals surface area contributed by atoms with Crippen molar-refractivity contribution in [3.63, 3.8) is 0 Å². The zero-order valence-electron chi connectivity index (χ0n) is 54.7. The van der Waals surface area contributed by atoms with E-state index in [2.05, 4.69) is 50.8 Å². The average Bonchev–Trinajstić information content (AvgIpc) is 0.779. The van der Waals surface area contributed by atoms with Crippen LogP contribution in [0.2, 0.25) is 0 Å². The number of nitriles is 1. The molecule has 1 aliphatic heterocycles. The van der Waals surface area contributed by atoms with Gasteiger partial charge in [0, 0.05) is 101 Å². The fourth-order valence-corrected chi connectivity index (χ4v) is 10.4. The molecule has 4 bridgehead atoms. The first-order valence-corrected chi connectivity index (χ1v) is 32.2. The highest BCUT2D eigenvalue weighted by atomic mass is 79.9. The third-order valence-electron chi connectivity index (χ3n) is 15.1. The fraction of sp³-hybridized carbons (Fsp3) is 0.215. The van der Waals surface area contributed by atoms with Gasteiger partial charge in [-0.25, -0.2) is 22.8 Å². The van der Waals surface area contributed by atoms with Gasteiger partial charge in [0.1, 0.15) is 48.2 Å². The largest absolute Gasteiger partial charge is 0.492 e. The number of ketones is 3. The van der Waals surface area contributed by atoms with Gasteiger partial charge < -0.3 is 47.1 Å². The van der Waals surface area contributed by atoms with Crippen molar-refractivity contribution >= 4 is 57.0 Å². The van der Waals surface area contributed by atoms with Crippen LogP contribution in [-0.4, -0.2) is 102 Å². The molecule has 17 nitrogen and oxygen atoms in total. The molecule has 0 fully saturated rings. The molecule has 0 saturated heterocycles. The van der Waals surface area contributed by atoms with Gasteiger partial charge in [-0.3, -0.25) is 24.0 Å². The number of hydrogen-bond donors (Lipinski definition) is 6. The van der Waals surface area contributed by atoms with Crippen molar-refractivity contribution in [2.75, 3.05) is 39.9 Å². The minimum atomic E-state index is -1.29. The number of fused-ring (bicyclic) bond motifs is 5.